The van der Waals surface area contributed by atoms with E-state index >= 15 is 0 Å². The van der Waals surface area contributed by atoms with Crippen LogP contribution in [-0.4, -0.2) is 32.2 Å². The Hall–Kier alpha value is -0.610. The Kier molecular flexibility index (Phi) is 7.63. The van der Waals surface area contributed by atoms with Gasteiger partial charge in [-0.25, -0.2) is 0 Å². The molecule has 13 heavy (non-hydrogen) atoms. The Morgan fingerprint density at radius 1 is 1.62 bits per heavy atom. The summed E-state index contributed by atoms with van der Waals surface area (Å²) in [5, 5.41) is 2.76. The standard InChI is InChI=1S/C9H20N2O2/c1-3-13-5-4-11-9(12)6-8(2)7-10/h8H,3-7,10H2,1-2H3,(H,11,12). The molecule has 0 radical (unpaired) electrons. The number of nitrogens with two attached hydrogens (primary N) is 1. The Bertz CT molecular complexity index is 140. The summed E-state index contributed by atoms with van der Waals surface area (Å²) in [6.07, 6.45) is 0.503. The molecule has 3 N–H and O–H groups in total. The van der Waals surface area contributed by atoms with Crippen molar-refractivity contribution in [3.05, 3.63) is 0 Å². The lowest BCUT2D eigenvalue weighted by Gasteiger charge is -2.08. The first-order valence-corrected chi connectivity index (χ1v) is 4.75. The molecule has 0 aromatic rings. The van der Waals surface area contributed by atoms with Crippen LogP contribution in [0.2, 0.25) is 0 Å². The van der Waals surface area contributed by atoms with Crippen molar-refractivity contribution < 1.29 is 9.53 Å². The van der Waals surface area contributed by atoms with Crippen LogP contribution in [0.15, 0.2) is 0 Å². The normalized spacial score (nSPS) is 12.5. The molecule has 0 fully saturated rings. The van der Waals surface area contributed by atoms with E-state index in [2.05, 4.69) is 5.32 Å². The summed E-state index contributed by atoms with van der Waals surface area (Å²) in [5.41, 5.74) is 5.39. The zero-order valence-electron chi connectivity index (χ0n) is 8.51. The second-order valence-electron chi connectivity index (χ2n) is 3.09. The van der Waals surface area contributed by atoms with E-state index < -0.39 is 0 Å². The van der Waals surface area contributed by atoms with E-state index in [1.54, 1.807) is 0 Å². The van der Waals surface area contributed by atoms with Crippen molar-refractivity contribution in [3.63, 3.8) is 0 Å². The molecule has 0 rings (SSSR count). The van der Waals surface area contributed by atoms with Gasteiger partial charge in [-0.2, -0.15) is 0 Å². The molecule has 0 aromatic heterocycles. The van der Waals surface area contributed by atoms with E-state index in [4.69, 9.17) is 10.5 Å². The molecule has 1 unspecified atom stereocenters. The molecule has 0 aliphatic rings. The first kappa shape index (κ1) is 12.4. The van der Waals surface area contributed by atoms with Crippen molar-refractivity contribution in [2.75, 3.05) is 26.3 Å². The number of nitrogens with one attached hydrogen (secondary N) is 1. The molecule has 0 aliphatic heterocycles. The van der Waals surface area contributed by atoms with Crippen LogP contribution in [0.1, 0.15) is 20.3 Å². The molecule has 78 valence electrons. The van der Waals surface area contributed by atoms with Crippen LogP contribution in [0.4, 0.5) is 0 Å². The van der Waals surface area contributed by atoms with Gasteiger partial charge in [-0.3, -0.25) is 4.79 Å². The molecule has 4 nitrogen and oxygen atoms in total. The van der Waals surface area contributed by atoms with Crippen LogP contribution in [0, 0.1) is 5.92 Å². The summed E-state index contributed by atoms with van der Waals surface area (Å²) in [7, 11) is 0. The van der Waals surface area contributed by atoms with Gasteiger partial charge < -0.3 is 15.8 Å². The summed E-state index contributed by atoms with van der Waals surface area (Å²) in [6.45, 7) is 6.30. The average molecular weight is 188 g/mol. The molecule has 0 saturated heterocycles. The lowest BCUT2D eigenvalue weighted by molar-refractivity contribution is -0.122. The van der Waals surface area contributed by atoms with Crippen LogP contribution < -0.4 is 11.1 Å². The van der Waals surface area contributed by atoms with Crippen LogP contribution in [-0.2, 0) is 9.53 Å². The minimum atomic E-state index is 0.0534. The van der Waals surface area contributed by atoms with Crippen molar-refractivity contribution in [1.82, 2.24) is 5.32 Å². The lowest BCUT2D eigenvalue weighted by Crippen LogP contribution is -2.29. The SMILES string of the molecule is CCOCCNC(=O)CC(C)CN. The maximum absolute atomic E-state index is 11.2. The number of amides is 1. The third kappa shape index (κ3) is 7.74. The molecule has 1 atom stereocenters. The first-order valence-electron chi connectivity index (χ1n) is 4.75. The number of carbonyl (C=O) groups excluding carboxylic acids is 1. The highest BCUT2D eigenvalue weighted by Crippen LogP contribution is 1.97. The Morgan fingerprint density at radius 2 is 2.31 bits per heavy atom. The minimum absolute atomic E-state index is 0.0534. The number of hydrogen-bond donors (Lipinski definition) is 2. The summed E-state index contributed by atoms with van der Waals surface area (Å²) >= 11 is 0. The van der Waals surface area contributed by atoms with Gasteiger partial charge in [-0.15, -0.1) is 0 Å². The molecule has 0 aliphatic carbocycles. The Labute approximate surface area is 79.8 Å². The quantitative estimate of drug-likeness (QED) is 0.558. The third-order valence-electron chi connectivity index (χ3n) is 1.71. The predicted molar refractivity (Wildman–Crippen MR) is 52.3 cm³/mol. The lowest BCUT2D eigenvalue weighted by atomic mass is 10.1. The van der Waals surface area contributed by atoms with Crippen molar-refractivity contribution in [2.45, 2.75) is 20.3 Å². The maximum Gasteiger partial charge on any atom is 0.220 e. The molecule has 4 heteroatoms. The summed E-state index contributed by atoms with van der Waals surface area (Å²) in [6, 6.07) is 0. The predicted octanol–water partition coefficient (Wildman–Crippen LogP) is 0.124. The zero-order valence-corrected chi connectivity index (χ0v) is 8.51. The largest absolute Gasteiger partial charge is 0.380 e. The zero-order chi connectivity index (χ0) is 10.1. The van der Waals surface area contributed by atoms with E-state index in [0.29, 0.717) is 32.7 Å². The highest BCUT2D eigenvalue weighted by Gasteiger charge is 2.05. The summed E-state index contributed by atoms with van der Waals surface area (Å²) < 4.78 is 5.08. The van der Waals surface area contributed by atoms with Gasteiger partial charge in [0.1, 0.15) is 0 Å². The van der Waals surface area contributed by atoms with Crippen LogP contribution in [0.5, 0.6) is 0 Å². The van der Waals surface area contributed by atoms with E-state index in [1.807, 2.05) is 13.8 Å². The molecule has 0 saturated carbocycles. The van der Waals surface area contributed by atoms with E-state index in [0.717, 1.165) is 0 Å². The number of carbonyl (C=O) groups is 1. The van der Waals surface area contributed by atoms with Crippen molar-refractivity contribution in [2.24, 2.45) is 11.7 Å². The summed E-state index contributed by atoms with van der Waals surface area (Å²) in [5.74, 6) is 0.310. The fraction of sp³-hybridized carbons (Fsp3) is 0.889. The van der Waals surface area contributed by atoms with Gasteiger partial charge in [0.15, 0.2) is 0 Å². The van der Waals surface area contributed by atoms with Gasteiger partial charge in [-0.1, -0.05) is 6.92 Å². The van der Waals surface area contributed by atoms with Gasteiger partial charge >= 0.3 is 0 Å². The van der Waals surface area contributed by atoms with Gasteiger partial charge in [0.05, 0.1) is 6.61 Å². The topological polar surface area (TPSA) is 64.3 Å². The highest BCUT2D eigenvalue weighted by atomic mass is 16.5. The Morgan fingerprint density at radius 3 is 2.85 bits per heavy atom. The molecule has 0 aromatic carbocycles. The molecule has 1 amide bonds. The molecular formula is C9H20N2O2. The van der Waals surface area contributed by atoms with Crippen molar-refractivity contribution >= 4 is 5.91 Å². The van der Waals surface area contributed by atoms with Gasteiger partial charge in [0, 0.05) is 19.6 Å². The van der Waals surface area contributed by atoms with Gasteiger partial charge in [0.25, 0.3) is 0 Å². The second-order valence-corrected chi connectivity index (χ2v) is 3.09. The monoisotopic (exact) mass is 188 g/mol. The Balaban J connectivity index is 3.30. The second kappa shape index (κ2) is 8.01. The first-order chi connectivity index (χ1) is 6.20. The van der Waals surface area contributed by atoms with Crippen LogP contribution in [0.25, 0.3) is 0 Å². The third-order valence-corrected chi connectivity index (χ3v) is 1.71. The fourth-order valence-corrected chi connectivity index (χ4v) is 0.879. The molecule has 0 heterocycles. The van der Waals surface area contributed by atoms with Gasteiger partial charge in [0.2, 0.25) is 5.91 Å². The number of ether oxygens (including phenoxy) is 1. The average Bonchev–Trinajstić information content (AvgIpc) is 2.12. The fourth-order valence-electron chi connectivity index (χ4n) is 0.879. The van der Waals surface area contributed by atoms with Crippen molar-refractivity contribution in [3.8, 4) is 0 Å². The smallest absolute Gasteiger partial charge is 0.220 e. The minimum Gasteiger partial charge on any atom is -0.380 e. The highest BCUT2D eigenvalue weighted by molar-refractivity contribution is 5.76. The van der Waals surface area contributed by atoms with Crippen LogP contribution in [0.3, 0.4) is 0 Å². The van der Waals surface area contributed by atoms with Crippen molar-refractivity contribution in [1.29, 1.82) is 0 Å². The summed E-state index contributed by atoms with van der Waals surface area (Å²) in [4.78, 5) is 11.2. The molecular weight excluding hydrogens is 168 g/mol. The van der Waals surface area contributed by atoms with E-state index in [1.165, 1.54) is 0 Å². The van der Waals surface area contributed by atoms with E-state index in [9.17, 15) is 4.79 Å². The van der Waals surface area contributed by atoms with E-state index in [-0.39, 0.29) is 11.8 Å². The van der Waals surface area contributed by atoms with Crippen LogP contribution >= 0.6 is 0 Å². The number of hydrogen-bond acceptors (Lipinski definition) is 3. The molecule has 0 spiro atoms. The maximum atomic E-state index is 11.2. The molecule has 0 bridgehead atoms. The number of rotatable bonds is 7. The van der Waals surface area contributed by atoms with Gasteiger partial charge in [-0.05, 0) is 19.4 Å².